The van der Waals surface area contributed by atoms with E-state index in [1.165, 1.54) is 37.5 Å². The van der Waals surface area contributed by atoms with Gasteiger partial charge in [-0.05, 0) is 104 Å². The highest BCUT2D eigenvalue weighted by atomic mass is 35.5. The fourth-order valence-electron chi connectivity index (χ4n) is 8.64. The van der Waals surface area contributed by atoms with Crippen LogP contribution in [0.4, 0.5) is 27.2 Å². The lowest BCUT2D eigenvalue weighted by atomic mass is 10.1. The van der Waals surface area contributed by atoms with E-state index in [0.29, 0.717) is 77.8 Å². The van der Waals surface area contributed by atoms with E-state index in [0.717, 1.165) is 38.4 Å². The predicted molar refractivity (Wildman–Crippen MR) is 298 cm³/mol. The van der Waals surface area contributed by atoms with Crippen LogP contribution >= 0.6 is 11.6 Å². The molecule has 3 saturated heterocycles. The van der Waals surface area contributed by atoms with E-state index in [-0.39, 0.29) is 60.0 Å². The molecule has 2 atom stereocenters. The number of ether oxygens (including phenoxy) is 4. The maximum absolute atomic E-state index is 14.7. The lowest BCUT2D eigenvalue weighted by molar-refractivity contribution is 0.00380. The van der Waals surface area contributed by atoms with Gasteiger partial charge in [0.25, 0.3) is 5.88 Å². The largest absolute Gasteiger partial charge is 0.470 e. The Morgan fingerprint density at radius 1 is 0.631 bits per heavy atom. The Morgan fingerprint density at radius 2 is 1.12 bits per heavy atom. The second kappa shape index (κ2) is 28.3. The summed E-state index contributed by atoms with van der Waals surface area (Å²) in [7, 11) is 0. The van der Waals surface area contributed by atoms with E-state index >= 15 is 0 Å². The van der Waals surface area contributed by atoms with Gasteiger partial charge in [0.2, 0.25) is 5.82 Å². The SMILES string of the molecule is C1CCOC1.CC(C)(C)OC(=O)N1CCCC(O)C1.CC(C)(C)OC(=O)N1CCCC(Oc2nc(-c3cc(-c4ccon4)n(Cc4ccccc4F)n3)ncc2F)C1.Fc1ccccc1Cn1nc(-c2ncc(F)c(Cl)n2)cc1-c1ccon1. The van der Waals surface area contributed by atoms with Crippen molar-refractivity contribution >= 4 is 23.8 Å². The highest BCUT2D eigenvalue weighted by molar-refractivity contribution is 6.29. The van der Waals surface area contributed by atoms with Crippen LogP contribution in [0.1, 0.15) is 91.2 Å². The van der Waals surface area contributed by atoms with Crippen molar-refractivity contribution in [2.75, 3.05) is 39.4 Å². The molecule has 3 aliphatic rings. The molecule has 0 spiro atoms. The summed E-state index contributed by atoms with van der Waals surface area (Å²) >= 11 is 5.72. The number of hydrogen-bond acceptors (Lipinski definition) is 17. The normalized spacial score (nSPS) is 16.1. The molecule has 0 saturated carbocycles. The molecule has 84 heavy (non-hydrogen) atoms. The monoisotopic (exact) mass is 1180 g/mol. The molecule has 3 aliphatic heterocycles. The summed E-state index contributed by atoms with van der Waals surface area (Å²) in [4.78, 5) is 43.4. The lowest BCUT2D eigenvalue weighted by Crippen LogP contribution is -2.46. The zero-order chi connectivity index (χ0) is 60.0. The molecule has 11 rings (SSSR count). The van der Waals surface area contributed by atoms with E-state index < -0.39 is 41.1 Å². The Balaban J connectivity index is 0.000000174. The number of halogens is 5. The average Bonchev–Trinajstić information content (AvgIpc) is 4.51. The van der Waals surface area contributed by atoms with Gasteiger partial charge in [0.05, 0.1) is 49.5 Å². The highest BCUT2D eigenvalue weighted by Gasteiger charge is 2.31. The number of hydrogen-bond donors (Lipinski definition) is 1. The highest BCUT2D eigenvalue weighted by Crippen LogP contribution is 2.29. The summed E-state index contributed by atoms with van der Waals surface area (Å²) in [5.41, 5.74) is 2.55. The van der Waals surface area contributed by atoms with Crippen molar-refractivity contribution in [3.8, 4) is 51.7 Å². The smallest absolute Gasteiger partial charge is 0.410 e. The van der Waals surface area contributed by atoms with Gasteiger partial charge in [-0.1, -0.05) is 58.3 Å². The molecule has 3 fully saturated rings. The van der Waals surface area contributed by atoms with E-state index in [1.54, 1.807) is 101 Å². The maximum Gasteiger partial charge on any atom is 0.410 e. The third kappa shape index (κ3) is 17.6. The van der Waals surface area contributed by atoms with E-state index in [1.807, 2.05) is 20.8 Å². The molecule has 446 valence electrons. The summed E-state index contributed by atoms with van der Waals surface area (Å²) < 4.78 is 90.9. The van der Waals surface area contributed by atoms with Crippen LogP contribution in [0.5, 0.6) is 5.88 Å². The number of likely N-dealkylation sites (tertiary alicyclic amines) is 2. The molecule has 26 heteroatoms. The Labute approximate surface area is 486 Å². The summed E-state index contributed by atoms with van der Waals surface area (Å²) in [5.74, 6) is -2.17. The number of benzene rings is 2. The summed E-state index contributed by atoms with van der Waals surface area (Å²) in [6.45, 7) is 15.0. The standard InChI is InChI=1S/C27H28F2N6O4.C17H10ClF2N5O.C10H19NO3.C4H8O/c1-27(2,3)39-26(36)34-11-6-8-18(16-34)38-25-20(29)14-30-24(31-25)22-13-23(21-10-12-37-33-21)35(32-22)15-17-7-4-5-9-19(17)28;18-16-12(20)8-21-17(22-16)14-7-15(13-5-6-26-24-13)25(23-14)9-10-3-1-2-4-11(10)19;1-10(2,3)14-9(13)11-6-4-5-8(12)7-11;1-2-4-5-3-1/h4-5,7,9-10,12-14,18H,6,8,11,15-16H2,1-3H3;1-8H,9H2;8,12H,4-7H2,1-3H3;1-4H2. The molecular weight excluding hydrogens is 1120 g/mol. The average molecular weight is 1190 g/mol. The third-order valence-electron chi connectivity index (χ3n) is 12.6. The van der Waals surface area contributed by atoms with Crippen molar-refractivity contribution < 1.29 is 60.3 Å². The van der Waals surface area contributed by atoms with Gasteiger partial charge in [-0.15, -0.1) is 0 Å². The summed E-state index contributed by atoms with van der Waals surface area (Å²) in [6.07, 6.45) is 8.65. The van der Waals surface area contributed by atoms with Gasteiger partial charge in [0, 0.05) is 56.1 Å². The first-order valence-electron chi connectivity index (χ1n) is 27.2. The molecule has 1 N–H and O–H groups in total. The first kappa shape index (κ1) is 61.8. The topological polar surface area (TPSA) is 237 Å². The van der Waals surface area contributed by atoms with Crippen LogP contribution in [0.25, 0.3) is 45.8 Å². The molecule has 2 amide bonds. The van der Waals surface area contributed by atoms with Crippen LogP contribution in [0, 0.1) is 23.3 Å². The zero-order valence-corrected chi connectivity index (χ0v) is 48.0. The molecule has 9 heterocycles. The zero-order valence-electron chi connectivity index (χ0n) is 47.3. The van der Waals surface area contributed by atoms with Gasteiger partial charge in [-0.2, -0.15) is 19.6 Å². The number of rotatable bonds is 10. The fourth-order valence-corrected chi connectivity index (χ4v) is 8.77. The number of aliphatic hydroxyl groups excluding tert-OH is 1. The Hall–Kier alpha value is -8.29. The second-order valence-electron chi connectivity index (χ2n) is 21.6. The minimum Gasteiger partial charge on any atom is -0.470 e. The van der Waals surface area contributed by atoms with Gasteiger partial charge in [0.1, 0.15) is 64.2 Å². The van der Waals surface area contributed by atoms with Crippen LogP contribution in [-0.2, 0) is 27.3 Å². The number of amides is 2. The number of β-amino-alcohol motifs (C(OH)–C–C–N with tert-alkyl or cyclic N) is 1. The van der Waals surface area contributed by atoms with E-state index in [4.69, 9.17) is 39.6 Å². The van der Waals surface area contributed by atoms with Gasteiger partial charge >= 0.3 is 12.2 Å². The van der Waals surface area contributed by atoms with Gasteiger partial charge in [0.15, 0.2) is 22.6 Å². The molecule has 21 nitrogen and oxygen atoms in total. The second-order valence-corrected chi connectivity index (χ2v) is 22.0. The van der Waals surface area contributed by atoms with Crippen molar-refractivity contribution in [1.82, 2.24) is 59.6 Å². The first-order chi connectivity index (χ1) is 40.2. The molecule has 6 aromatic heterocycles. The summed E-state index contributed by atoms with van der Waals surface area (Å²) in [5, 5.41) is 25.9. The van der Waals surface area contributed by atoms with Crippen molar-refractivity contribution in [3.05, 3.63) is 137 Å². The Kier molecular flexibility index (Phi) is 20.8. The molecule has 0 bridgehead atoms. The number of carbonyl (C=O) groups excluding carboxylic acids is 2. The van der Waals surface area contributed by atoms with Crippen LogP contribution in [-0.4, -0.2) is 140 Å². The molecule has 0 aliphatic carbocycles. The lowest BCUT2D eigenvalue weighted by Gasteiger charge is -2.33. The number of nitrogens with zero attached hydrogens (tertiary/aromatic N) is 12. The predicted octanol–water partition coefficient (Wildman–Crippen LogP) is 11.2. The Bertz CT molecular complexity index is 3420. The number of piperidine rings is 2. The van der Waals surface area contributed by atoms with Crippen LogP contribution in [0.2, 0.25) is 5.15 Å². The van der Waals surface area contributed by atoms with Crippen molar-refractivity contribution in [2.24, 2.45) is 0 Å². The number of aliphatic hydroxyl groups is 1. The van der Waals surface area contributed by atoms with Gasteiger partial charge < -0.3 is 42.9 Å². The van der Waals surface area contributed by atoms with Crippen molar-refractivity contribution in [1.29, 1.82) is 0 Å². The minimum atomic E-state index is -0.740. The fraction of sp³-hybridized carbons (Fsp3) is 0.414. The van der Waals surface area contributed by atoms with Crippen molar-refractivity contribution in [2.45, 2.75) is 117 Å². The van der Waals surface area contributed by atoms with Crippen LogP contribution < -0.4 is 4.74 Å². The number of carbonyl (C=O) groups is 2. The molecule has 8 aromatic rings. The third-order valence-corrected chi connectivity index (χ3v) is 12.8. The summed E-state index contributed by atoms with van der Waals surface area (Å²) in [6, 6.07) is 19.4. The molecule has 0 radical (unpaired) electrons. The molecule has 2 aromatic carbocycles. The minimum absolute atomic E-state index is 0.113. The number of aromatic nitrogens is 10. The van der Waals surface area contributed by atoms with Gasteiger partial charge in [-0.3, -0.25) is 9.36 Å². The quantitative estimate of drug-likeness (QED) is 0.0989. The van der Waals surface area contributed by atoms with Crippen molar-refractivity contribution in [3.63, 3.8) is 0 Å². The van der Waals surface area contributed by atoms with Gasteiger partial charge in [-0.25, -0.2) is 37.7 Å². The molecular formula is C58H65ClF4N12O9. The molecule has 2 unspecified atom stereocenters. The van der Waals surface area contributed by atoms with E-state index in [9.17, 15) is 32.3 Å². The van der Waals surface area contributed by atoms with E-state index in [2.05, 4.69) is 40.4 Å². The first-order valence-corrected chi connectivity index (χ1v) is 27.6. The Morgan fingerprint density at radius 3 is 1.57 bits per heavy atom. The van der Waals surface area contributed by atoms with Crippen LogP contribution in [0.15, 0.2) is 107 Å². The maximum atomic E-state index is 14.7. The van der Waals surface area contributed by atoms with Crippen LogP contribution in [0.3, 0.4) is 0 Å².